The quantitative estimate of drug-likeness (QED) is 0.0936. The Bertz CT molecular complexity index is 2150. The number of rotatable bonds is 18. The summed E-state index contributed by atoms with van der Waals surface area (Å²) in [4.78, 5) is 41.7. The maximum absolute atomic E-state index is 11.9. The fourth-order valence-electron chi connectivity index (χ4n) is 8.70. The summed E-state index contributed by atoms with van der Waals surface area (Å²) >= 11 is 0. The van der Waals surface area contributed by atoms with Gasteiger partial charge in [-0.25, -0.2) is 0 Å². The molecule has 0 aliphatic carbocycles. The summed E-state index contributed by atoms with van der Waals surface area (Å²) in [5.74, 6) is 0.619. The number of primary amides is 2. The molecule has 4 aromatic rings. The van der Waals surface area contributed by atoms with Crippen LogP contribution in [0, 0.1) is 11.8 Å². The zero-order chi connectivity index (χ0) is 48.5. The fourth-order valence-corrected chi connectivity index (χ4v) is 8.70. The van der Waals surface area contributed by atoms with E-state index in [1.54, 1.807) is 56.9 Å². The number of fused-ring (bicyclic) bond motifs is 2. The zero-order valence-electron chi connectivity index (χ0n) is 38.8. The number of amides is 2. The lowest BCUT2D eigenvalue weighted by Gasteiger charge is -2.31. The molecule has 8 N–H and O–H groups in total. The van der Waals surface area contributed by atoms with Crippen LogP contribution in [0.2, 0.25) is 0 Å². The first-order chi connectivity index (χ1) is 31.6. The number of ether oxygens (including phenoxy) is 8. The number of carbonyl (C=O) groups is 4. The summed E-state index contributed by atoms with van der Waals surface area (Å²) < 4.78 is 43.6. The van der Waals surface area contributed by atoms with Crippen molar-refractivity contribution in [1.82, 2.24) is 0 Å². The second-order valence-electron chi connectivity index (χ2n) is 15.6. The van der Waals surface area contributed by atoms with Crippen molar-refractivity contribution in [2.75, 3.05) is 70.0 Å². The summed E-state index contributed by atoms with van der Waals surface area (Å²) in [5, 5.41) is 22.4. The van der Waals surface area contributed by atoms with Crippen molar-refractivity contribution in [3.8, 4) is 46.0 Å². The molecule has 0 radical (unpaired) electrons. The maximum Gasteiger partial charge on any atom is 0.217 e. The molecule has 4 atom stereocenters. The van der Waals surface area contributed by atoms with Gasteiger partial charge in [0.05, 0.1) is 81.9 Å². The van der Waals surface area contributed by atoms with Gasteiger partial charge in [0.1, 0.15) is 12.1 Å². The first-order valence-electron chi connectivity index (χ1n) is 21.2. The van der Waals surface area contributed by atoms with Crippen molar-refractivity contribution in [2.24, 2.45) is 23.3 Å². The number of hydrogen-bond acceptors (Lipinski definition) is 14. The predicted molar refractivity (Wildman–Crippen MR) is 237 cm³/mol. The van der Waals surface area contributed by atoms with E-state index in [0.29, 0.717) is 60.2 Å². The van der Waals surface area contributed by atoms with Gasteiger partial charge in [0.2, 0.25) is 11.8 Å². The predicted octanol–water partition coefficient (Wildman–Crippen LogP) is -0.282. The van der Waals surface area contributed by atoms with Gasteiger partial charge in [-0.05, 0) is 83.6 Å². The highest BCUT2D eigenvalue weighted by molar-refractivity contribution is 6.25. The van der Waals surface area contributed by atoms with Crippen LogP contribution in [0.4, 0.5) is 0 Å². The van der Waals surface area contributed by atoms with Crippen molar-refractivity contribution in [1.29, 1.82) is 0 Å². The summed E-state index contributed by atoms with van der Waals surface area (Å²) in [6.45, 7) is 1.88. The molecule has 2 amide bonds. The Labute approximate surface area is 384 Å². The molecular weight excluding hydrogens is 857 g/mol. The van der Waals surface area contributed by atoms with E-state index in [1.165, 1.54) is 22.3 Å². The lowest BCUT2D eigenvalue weighted by atomic mass is 9.81. The largest absolute Gasteiger partial charge is 0.543 e. The highest BCUT2D eigenvalue weighted by atomic mass is 16.5. The van der Waals surface area contributed by atoms with Crippen LogP contribution in [0.3, 0.4) is 0 Å². The van der Waals surface area contributed by atoms with Crippen molar-refractivity contribution >= 4 is 23.8 Å². The normalized spacial score (nSPS) is 15.5. The molecule has 66 heavy (non-hydrogen) atoms. The smallest absolute Gasteiger partial charge is 0.217 e. The molecule has 0 spiro atoms. The average molecular weight is 919 g/mol. The summed E-state index contributed by atoms with van der Waals surface area (Å²) in [5.41, 5.74) is 18.2. The minimum atomic E-state index is -2.19. The van der Waals surface area contributed by atoms with Crippen LogP contribution in [-0.2, 0) is 44.9 Å². The Balaban J connectivity index is 0.000000257. The number of nitrogens with two attached hydrogens (primary N) is 4. The van der Waals surface area contributed by atoms with Gasteiger partial charge in [-0.2, -0.15) is 0 Å². The van der Waals surface area contributed by atoms with Gasteiger partial charge in [-0.15, -0.1) is 0 Å². The van der Waals surface area contributed by atoms with Crippen molar-refractivity contribution in [3.05, 3.63) is 94.0 Å². The number of benzene rings is 4. The summed E-state index contributed by atoms with van der Waals surface area (Å²) in [7, 11) is 13.0. The van der Waals surface area contributed by atoms with E-state index in [2.05, 4.69) is 10.6 Å². The molecule has 4 aromatic carbocycles. The van der Waals surface area contributed by atoms with E-state index in [4.69, 9.17) is 69.2 Å². The van der Waals surface area contributed by atoms with Crippen LogP contribution in [0.5, 0.6) is 46.0 Å². The number of quaternary nitrogens is 2. The number of aliphatic carboxylic acids is 2. The van der Waals surface area contributed by atoms with Gasteiger partial charge >= 0.3 is 0 Å². The Morgan fingerprint density at radius 3 is 1.09 bits per heavy atom. The number of methoxy groups -OCH3 is 8. The number of carboxylic acid groups (broad SMARTS) is 2. The third-order valence-electron chi connectivity index (χ3n) is 11.7. The van der Waals surface area contributed by atoms with Crippen molar-refractivity contribution in [3.63, 3.8) is 0 Å². The van der Waals surface area contributed by atoms with Gasteiger partial charge < -0.3 is 79.8 Å². The molecule has 0 saturated heterocycles. The lowest BCUT2D eigenvalue weighted by molar-refractivity contribution is -0.706. The van der Waals surface area contributed by atoms with Crippen molar-refractivity contribution < 1.29 is 77.9 Å². The molecule has 2 unspecified atom stereocenters. The highest BCUT2D eigenvalue weighted by Gasteiger charge is 2.35. The highest BCUT2D eigenvalue weighted by Crippen LogP contribution is 2.40. The first-order valence-corrected chi connectivity index (χ1v) is 21.2. The molecular formula is C48H62N4O14. The third kappa shape index (κ3) is 13.6. The molecule has 0 fully saturated rings. The van der Waals surface area contributed by atoms with E-state index in [-0.39, 0.29) is 35.7 Å². The molecule has 18 heteroatoms. The molecule has 6 rings (SSSR count). The molecule has 2 aliphatic rings. The first kappa shape index (κ1) is 51.7. The Morgan fingerprint density at radius 1 is 0.500 bits per heavy atom. The van der Waals surface area contributed by atoms with Gasteiger partial charge in [0.25, 0.3) is 0 Å². The monoisotopic (exact) mass is 918 g/mol. The van der Waals surface area contributed by atoms with Gasteiger partial charge in [-0.3, -0.25) is 9.59 Å². The zero-order valence-corrected chi connectivity index (χ0v) is 38.8. The van der Waals surface area contributed by atoms with Gasteiger partial charge in [-0.1, -0.05) is 12.1 Å². The van der Waals surface area contributed by atoms with Gasteiger partial charge in [0.15, 0.2) is 46.0 Å². The lowest BCUT2D eigenvalue weighted by Crippen LogP contribution is -2.88. The third-order valence-corrected chi connectivity index (χ3v) is 11.7. The standard InChI is InChI=1S/2C23H30N2O5.C2H2O4/c2*1-27-18-6-5-14(10-19(18)28-2)9-16(12-22(24)26)23-17-13-21(30-4)20(29-3)11-15(17)7-8-25-23;3-1(4)2(5)6/h2*5-6,10-11,13,16,23,25H,7-9,12H2,1-4H3,(H2,24,26);(H,3,4)(H,5,6)/t2*16?,23-;/m11./s1. The second kappa shape index (κ2) is 25.0. The molecule has 0 bridgehead atoms. The topological polar surface area (TPSA) is 273 Å². The van der Waals surface area contributed by atoms with Gasteiger partial charge in [0, 0.05) is 48.6 Å². The van der Waals surface area contributed by atoms with E-state index in [0.717, 1.165) is 48.6 Å². The van der Waals surface area contributed by atoms with Crippen LogP contribution in [0.25, 0.3) is 0 Å². The Morgan fingerprint density at radius 2 is 0.803 bits per heavy atom. The van der Waals surface area contributed by atoms with Crippen LogP contribution in [0.15, 0.2) is 60.7 Å². The number of carbonyl (C=O) groups excluding carboxylic acids is 4. The molecule has 2 heterocycles. The van der Waals surface area contributed by atoms with E-state index in [9.17, 15) is 9.59 Å². The maximum atomic E-state index is 11.9. The van der Waals surface area contributed by atoms with Crippen LogP contribution >= 0.6 is 0 Å². The van der Waals surface area contributed by atoms with E-state index in [1.807, 2.05) is 60.7 Å². The second-order valence-corrected chi connectivity index (χ2v) is 15.6. The van der Waals surface area contributed by atoms with E-state index >= 15 is 0 Å². The average Bonchev–Trinajstić information content (AvgIpc) is 3.32. The molecule has 2 aliphatic heterocycles. The van der Waals surface area contributed by atoms with Crippen LogP contribution in [-0.4, -0.2) is 93.7 Å². The molecule has 0 saturated carbocycles. The van der Waals surface area contributed by atoms with E-state index < -0.39 is 11.9 Å². The Kier molecular flexibility index (Phi) is 19.6. The summed E-state index contributed by atoms with van der Waals surface area (Å²) in [6.07, 6.45) is 3.85. The van der Waals surface area contributed by atoms with Crippen molar-refractivity contribution in [2.45, 2.75) is 50.6 Å². The fraction of sp³-hybridized carbons (Fsp3) is 0.417. The number of hydrogen-bond donors (Lipinski definition) is 4. The SMILES string of the molecule is COc1ccc(CC(CC(N)=O)[C@H]2[NH2+]CCc3cc(OC)c(OC)cc32)cc1OC.COc1ccc(CC(CC(N)=O)[C@H]2[NH2+]CCc3cc(OC)c(OC)cc32)cc1OC.O=C([O-])C(=O)[O-]. The van der Waals surface area contributed by atoms with Crippen LogP contribution < -0.4 is 70.2 Å². The Hall–Kier alpha value is -6.92. The minimum Gasteiger partial charge on any atom is -0.543 e. The summed E-state index contributed by atoms with van der Waals surface area (Å²) in [6, 6.07) is 20.1. The number of carboxylic acids is 2. The molecule has 0 aromatic heterocycles. The molecule has 358 valence electrons. The molecule has 18 nitrogen and oxygen atoms in total. The minimum absolute atomic E-state index is 0.0257. The van der Waals surface area contributed by atoms with Crippen LogP contribution in [0.1, 0.15) is 58.3 Å².